The molecule has 1 saturated heterocycles. The number of aryl methyl sites for hydroxylation is 1. The molecule has 3 aliphatic rings. The summed E-state index contributed by atoms with van der Waals surface area (Å²) in [5.41, 5.74) is 7.65. The molecule has 0 radical (unpaired) electrons. The third-order valence-electron chi connectivity index (χ3n) is 6.69. The summed E-state index contributed by atoms with van der Waals surface area (Å²) >= 11 is 5.77. The van der Waals surface area contributed by atoms with Crippen molar-refractivity contribution in [2.75, 3.05) is 32.8 Å². The van der Waals surface area contributed by atoms with Crippen molar-refractivity contribution in [2.45, 2.75) is 44.4 Å². The van der Waals surface area contributed by atoms with E-state index in [1.165, 1.54) is 44.5 Å². The van der Waals surface area contributed by atoms with E-state index in [-0.39, 0.29) is 12.8 Å². The number of benzene rings is 2. The number of ether oxygens (including phenoxy) is 2. The largest absolute Gasteiger partial charge is 0.486 e. The maximum atomic E-state index is 13.4. The number of likely N-dealkylation sites (tertiary alicyclic amines) is 1. The number of amides is 1. The molecule has 1 aliphatic carbocycles. The molecule has 5 nitrogen and oxygen atoms in total. The average Bonchev–Trinajstić information content (AvgIpc) is 3.49. The minimum atomic E-state index is -3.45. The number of alkyl halides is 2. The van der Waals surface area contributed by atoms with Crippen molar-refractivity contribution >= 4 is 17.5 Å². The molecule has 34 heavy (non-hydrogen) atoms. The van der Waals surface area contributed by atoms with Crippen LogP contribution in [0.2, 0.25) is 5.02 Å². The van der Waals surface area contributed by atoms with E-state index in [0.717, 1.165) is 29.0 Å². The number of carbonyl (C=O) groups is 1. The van der Waals surface area contributed by atoms with Gasteiger partial charge in [0, 0.05) is 10.9 Å². The maximum Gasteiger partial charge on any atom is 0.327 e. The highest BCUT2D eigenvalue weighted by molar-refractivity contribution is 6.30. The van der Waals surface area contributed by atoms with Crippen LogP contribution in [0.4, 0.5) is 8.78 Å². The standard InChI is InChI=1S/C15H21NO2.C11H10ClF2NO/c1-2-8-16(7-1)9-3-4-13-5-6-14-15(12-13)18-11-10-17-14;12-9-2-1-6-3-8(4-7(6)5-9)11(13,14)10(15)16/h5-6,12H,1-4,7-11H2;1-2,5,8H,3-4H2,(H2,15,16). The summed E-state index contributed by atoms with van der Waals surface area (Å²) in [5, 5.41) is 0.516. The Kier molecular flexibility index (Phi) is 7.94. The summed E-state index contributed by atoms with van der Waals surface area (Å²) in [5.74, 6) is -4.25. The molecule has 2 aliphatic heterocycles. The molecular formula is C26H31ClF2N2O3. The van der Waals surface area contributed by atoms with Gasteiger partial charge < -0.3 is 20.1 Å². The Labute approximate surface area is 204 Å². The van der Waals surface area contributed by atoms with Gasteiger partial charge in [-0.2, -0.15) is 8.78 Å². The molecule has 1 amide bonds. The minimum Gasteiger partial charge on any atom is -0.486 e. The van der Waals surface area contributed by atoms with Crippen LogP contribution in [-0.4, -0.2) is 49.6 Å². The Bertz CT molecular complexity index is 1010. The Hall–Kier alpha value is -2.38. The summed E-state index contributed by atoms with van der Waals surface area (Å²) in [6, 6.07) is 11.4. The fraction of sp³-hybridized carbons (Fsp3) is 0.500. The Balaban J connectivity index is 0.000000162. The monoisotopic (exact) mass is 492 g/mol. The van der Waals surface area contributed by atoms with Crippen molar-refractivity contribution in [3.05, 3.63) is 58.1 Å². The van der Waals surface area contributed by atoms with Crippen molar-refractivity contribution in [3.63, 3.8) is 0 Å². The first-order valence-electron chi connectivity index (χ1n) is 11.9. The van der Waals surface area contributed by atoms with Gasteiger partial charge in [0.15, 0.2) is 11.5 Å². The molecule has 0 bridgehead atoms. The van der Waals surface area contributed by atoms with E-state index in [1.54, 1.807) is 18.2 Å². The normalized spacial score (nSPS) is 19.3. The maximum absolute atomic E-state index is 13.4. The second kappa shape index (κ2) is 10.9. The van der Waals surface area contributed by atoms with Crippen molar-refractivity contribution in [1.29, 1.82) is 0 Å². The number of hydrogen-bond donors (Lipinski definition) is 1. The Morgan fingerprint density at radius 1 is 1.03 bits per heavy atom. The van der Waals surface area contributed by atoms with E-state index < -0.39 is 17.7 Å². The summed E-state index contributed by atoms with van der Waals surface area (Å²) in [6.07, 6.45) is 5.44. The summed E-state index contributed by atoms with van der Waals surface area (Å²) in [7, 11) is 0. The second-order valence-electron chi connectivity index (χ2n) is 9.14. The lowest BCUT2D eigenvalue weighted by Crippen LogP contribution is -2.42. The van der Waals surface area contributed by atoms with Crippen LogP contribution in [0.25, 0.3) is 0 Å². The molecule has 2 heterocycles. The summed E-state index contributed by atoms with van der Waals surface area (Å²) in [6.45, 7) is 5.16. The molecule has 1 unspecified atom stereocenters. The van der Waals surface area contributed by atoms with E-state index >= 15 is 0 Å². The van der Waals surface area contributed by atoms with E-state index in [0.29, 0.717) is 18.2 Å². The molecule has 2 N–H and O–H groups in total. The van der Waals surface area contributed by atoms with Crippen LogP contribution in [0.15, 0.2) is 36.4 Å². The molecule has 0 aromatic heterocycles. The average molecular weight is 493 g/mol. The molecule has 184 valence electrons. The molecular weight excluding hydrogens is 462 g/mol. The number of nitrogens with two attached hydrogens (primary N) is 1. The van der Waals surface area contributed by atoms with Gasteiger partial charge in [-0.15, -0.1) is 0 Å². The fourth-order valence-corrected chi connectivity index (χ4v) is 5.00. The van der Waals surface area contributed by atoms with Crippen molar-refractivity contribution in [1.82, 2.24) is 4.90 Å². The van der Waals surface area contributed by atoms with Crippen molar-refractivity contribution in [3.8, 4) is 11.5 Å². The first kappa shape index (κ1) is 24.7. The first-order valence-corrected chi connectivity index (χ1v) is 12.3. The highest BCUT2D eigenvalue weighted by atomic mass is 35.5. The zero-order valence-corrected chi connectivity index (χ0v) is 20.0. The number of hydrogen-bond acceptors (Lipinski definition) is 4. The van der Waals surface area contributed by atoms with Gasteiger partial charge >= 0.3 is 5.92 Å². The highest BCUT2D eigenvalue weighted by Crippen LogP contribution is 2.38. The number of carbonyl (C=O) groups excluding carboxylic acids is 1. The van der Waals surface area contributed by atoms with Gasteiger partial charge in [0.05, 0.1) is 0 Å². The minimum absolute atomic E-state index is 0.145. The summed E-state index contributed by atoms with van der Waals surface area (Å²) < 4.78 is 38.0. The lowest BCUT2D eigenvalue weighted by atomic mass is 9.98. The van der Waals surface area contributed by atoms with E-state index in [9.17, 15) is 13.6 Å². The quantitative estimate of drug-likeness (QED) is 0.637. The molecule has 0 saturated carbocycles. The SMILES string of the molecule is NC(=O)C(F)(F)C1Cc2ccc(Cl)cc2C1.c1cc2c(cc1CCCN1CCCC1)OCCO2. The van der Waals surface area contributed by atoms with Crippen LogP contribution in [0.1, 0.15) is 36.0 Å². The predicted octanol–water partition coefficient (Wildman–Crippen LogP) is 4.66. The Morgan fingerprint density at radius 2 is 1.74 bits per heavy atom. The van der Waals surface area contributed by atoms with Crippen molar-refractivity contribution < 1.29 is 23.0 Å². The third-order valence-corrected chi connectivity index (χ3v) is 6.92. The van der Waals surface area contributed by atoms with Crippen molar-refractivity contribution in [2.24, 2.45) is 11.7 Å². The molecule has 2 aromatic carbocycles. The third kappa shape index (κ3) is 5.99. The zero-order chi connectivity index (χ0) is 24.1. The lowest BCUT2D eigenvalue weighted by Gasteiger charge is -2.19. The van der Waals surface area contributed by atoms with Crippen LogP contribution >= 0.6 is 11.6 Å². The zero-order valence-electron chi connectivity index (χ0n) is 19.2. The van der Waals surface area contributed by atoms with E-state index in [2.05, 4.69) is 17.0 Å². The molecule has 1 atom stereocenters. The lowest BCUT2D eigenvalue weighted by molar-refractivity contribution is -0.149. The predicted molar refractivity (Wildman–Crippen MR) is 128 cm³/mol. The van der Waals surface area contributed by atoms with Gasteiger partial charge in [-0.3, -0.25) is 4.79 Å². The molecule has 0 spiro atoms. The first-order chi connectivity index (χ1) is 16.3. The number of fused-ring (bicyclic) bond motifs is 2. The van der Waals surface area contributed by atoms with Crippen LogP contribution in [0.3, 0.4) is 0 Å². The topological polar surface area (TPSA) is 64.8 Å². The van der Waals surface area contributed by atoms with Crippen LogP contribution in [0.5, 0.6) is 11.5 Å². The van der Waals surface area contributed by atoms with E-state index in [4.69, 9.17) is 26.8 Å². The van der Waals surface area contributed by atoms with E-state index in [1.807, 2.05) is 6.07 Å². The number of rotatable bonds is 6. The number of nitrogens with zero attached hydrogens (tertiary/aromatic N) is 1. The van der Waals surface area contributed by atoms with Crippen LogP contribution < -0.4 is 15.2 Å². The molecule has 8 heteroatoms. The van der Waals surface area contributed by atoms with Crippen LogP contribution in [-0.2, 0) is 24.1 Å². The van der Waals surface area contributed by atoms with Gasteiger partial charge in [-0.1, -0.05) is 23.7 Å². The van der Waals surface area contributed by atoms with Gasteiger partial charge in [-0.25, -0.2) is 0 Å². The highest BCUT2D eigenvalue weighted by Gasteiger charge is 2.47. The summed E-state index contributed by atoms with van der Waals surface area (Å²) in [4.78, 5) is 13.2. The Morgan fingerprint density at radius 3 is 2.47 bits per heavy atom. The van der Waals surface area contributed by atoms with Gasteiger partial charge in [0.1, 0.15) is 13.2 Å². The molecule has 1 fully saturated rings. The smallest absolute Gasteiger partial charge is 0.327 e. The number of halogens is 3. The second-order valence-corrected chi connectivity index (χ2v) is 9.57. The van der Waals surface area contributed by atoms with Gasteiger partial charge in [-0.05, 0) is 99.1 Å². The van der Waals surface area contributed by atoms with Crippen LogP contribution in [0, 0.1) is 5.92 Å². The molecule has 5 rings (SSSR count). The van der Waals surface area contributed by atoms with Gasteiger partial charge in [0.25, 0.3) is 5.91 Å². The number of primary amides is 1. The molecule has 2 aromatic rings. The fourth-order valence-electron chi connectivity index (χ4n) is 4.80. The van der Waals surface area contributed by atoms with Gasteiger partial charge in [0.2, 0.25) is 0 Å².